The first-order chi connectivity index (χ1) is 12.0. The molecule has 3 rings (SSSR count). The van der Waals surface area contributed by atoms with Gasteiger partial charge < -0.3 is 14.6 Å². The number of ether oxygens (including phenoxy) is 2. The Balaban J connectivity index is 2.05. The van der Waals surface area contributed by atoms with E-state index in [9.17, 15) is 19.5 Å². The first-order valence-electron chi connectivity index (χ1n) is 8.34. The molecule has 1 aliphatic heterocycles. The number of carbonyl (C=O) groups is 3. The van der Waals surface area contributed by atoms with Crippen molar-refractivity contribution in [2.75, 3.05) is 7.11 Å². The lowest BCUT2D eigenvalue weighted by Gasteiger charge is -2.35. The Labute approximate surface area is 145 Å². The van der Waals surface area contributed by atoms with E-state index in [0.717, 1.165) is 6.42 Å². The van der Waals surface area contributed by atoms with Crippen LogP contribution in [0.3, 0.4) is 0 Å². The number of Topliss-reactive ketones (excluding diaryl/α,β-unsaturated/α-hetero) is 2. The number of esters is 1. The maximum atomic E-state index is 12.9. The molecule has 2 aliphatic rings. The van der Waals surface area contributed by atoms with E-state index in [4.69, 9.17) is 4.74 Å². The monoisotopic (exact) mass is 344 g/mol. The van der Waals surface area contributed by atoms with Gasteiger partial charge in [-0.3, -0.25) is 14.4 Å². The predicted octanol–water partition coefficient (Wildman–Crippen LogP) is 2.59. The third-order valence-electron chi connectivity index (χ3n) is 4.64. The molecule has 1 aliphatic carbocycles. The molecule has 1 aromatic rings. The van der Waals surface area contributed by atoms with Crippen LogP contribution in [0.1, 0.15) is 53.3 Å². The van der Waals surface area contributed by atoms with Crippen molar-refractivity contribution in [3.63, 3.8) is 0 Å². The van der Waals surface area contributed by atoms with Gasteiger partial charge in [0.25, 0.3) is 0 Å². The number of rotatable bonds is 4. The zero-order valence-corrected chi connectivity index (χ0v) is 14.2. The molecule has 2 atom stereocenters. The Hall–Kier alpha value is -2.47. The summed E-state index contributed by atoms with van der Waals surface area (Å²) in [5.41, 5.74) is 0.962. The fraction of sp³-hybridized carbons (Fsp3) is 0.421. The lowest BCUT2D eigenvalue weighted by Crippen LogP contribution is -2.39. The number of hydrogen-bond donors (Lipinski definition) is 1. The van der Waals surface area contributed by atoms with E-state index in [-0.39, 0.29) is 41.3 Å². The third-order valence-corrected chi connectivity index (χ3v) is 4.64. The molecule has 1 N–H and O–H groups in total. The summed E-state index contributed by atoms with van der Waals surface area (Å²) in [6, 6.07) is 4.48. The lowest BCUT2D eigenvalue weighted by atomic mass is 9.77. The summed E-state index contributed by atoms with van der Waals surface area (Å²) in [7, 11) is 1.30. The summed E-state index contributed by atoms with van der Waals surface area (Å²) in [5, 5.41) is 10.1. The number of phenols is 1. The van der Waals surface area contributed by atoms with E-state index < -0.39 is 18.2 Å². The van der Waals surface area contributed by atoms with Gasteiger partial charge in [0.1, 0.15) is 5.75 Å². The molecule has 1 heterocycles. The zero-order valence-electron chi connectivity index (χ0n) is 14.2. The number of benzene rings is 1. The first-order valence-corrected chi connectivity index (χ1v) is 8.34. The molecule has 0 aromatic heterocycles. The Bertz CT molecular complexity index is 776. The summed E-state index contributed by atoms with van der Waals surface area (Å²) < 4.78 is 10.6. The number of hydrogen-bond acceptors (Lipinski definition) is 6. The molecule has 0 spiro atoms. The van der Waals surface area contributed by atoms with Gasteiger partial charge in [-0.1, -0.05) is 25.5 Å². The highest BCUT2D eigenvalue weighted by molar-refractivity contribution is 6.28. The fourth-order valence-electron chi connectivity index (χ4n) is 3.51. The average Bonchev–Trinajstić information content (AvgIpc) is 2.59. The normalized spacial score (nSPS) is 22.5. The first kappa shape index (κ1) is 17.4. The van der Waals surface area contributed by atoms with Gasteiger partial charge in [0, 0.05) is 23.1 Å². The van der Waals surface area contributed by atoms with Gasteiger partial charge in [0.05, 0.1) is 31.3 Å². The molecular formula is C19H20O6. The van der Waals surface area contributed by atoms with Crippen molar-refractivity contribution in [2.24, 2.45) is 0 Å². The van der Waals surface area contributed by atoms with Crippen LogP contribution in [0.15, 0.2) is 29.3 Å². The second-order valence-electron chi connectivity index (χ2n) is 6.27. The summed E-state index contributed by atoms with van der Waals surface area (Å²) in [6.45, 7) is 1.95. The SMILES string of the molecule is CCC[C@@H]1O[C@@H](CC(=O)OC)CC2=C1C(=O)c1c(O)cccc1C2=O. The van der Waals surface area contributed by atoms with Crippen LogP contribution in [0.25, 0.3) is 0 Å². The smallest absolute Gasteiger partial charge is 0.308 e. The molecule has 0 saturated carbocycles. The topological polar surface area (TPSA) is 89.9 Å². The predicted molar refractivity (Wildman–Crippen MR) is 88.6 cm³/mol. The molecule has 0 saturated heterocycles. The van der Waals surface area contributed by atoms with E-state index in [2.05, 4.69) is 4.74 Å². The molecule has 6 heteroatoms. The van der Waals surface area contributed by atoms with Crippen LogP contribution in [0, 0.1) is 0 Å². The van der Waals surface area contributed by atoms with E-state index in [1.165, 1.54) is 13.2 Å². The standard InChI is InChI=1S/C19H20O6/c1-3-5-14-17-12(8-10(25-14)9-15(21)24-2)18(22)11-6-4-7-13(20)16(11)19(17)23/h4,6-7,10,14,20H,3,5,8-9H2,1-2H3/t10-,14+/m1/s1. The summed E-state index contributed by atoms with van der Waals surface area (Å²) in [6.07, 6.45) is 0.456. The van der Waals surface area contributed by atoms with Crippen molar-refractivity contribution in [1.82, 2.24) is 0 Å². The molecule has 0 bridgehead atoms. The van der Waals surface area contributed by atoms with Gasteiger partial charge in [0.15, 0.2) is 11.6 Å². The van der Waals surface area contributed by atoms with Crippen molar-refractivity contribution in [2.45, 2.75) is 44.8 Å². The molecule has 1 aromatic carbocycles. The van der Waals surface area contributed by atoms with E-state index in [1.807, 2.05) is 6.92 Å². The second kappa shape index (κ2) is 6.80. The van der Waals surface area contributed by atoms with Crippen molar-refractivity contribution in [1.29, 1.82) is 0 Å². The number of fused-ring (bicyclic) bond motifs is 1. The number of carbonyl (C=O) groups excluding carboxylic acids is 3. The Morgan fingerprint density at radius 3 is 2.76 bits per heavy atom. The second-order valence-corrected chi connectivity index (χ2v) is 6.27. The minimum absolute atomic E-state index is 0.0296. The molecular weight excluding hydrogens is 324 g/mol. The van der Waals surface area contributed by atoms with Gasteiger partial charge in [-0.15, -0.1) is 0 Å². The number of methoxy groups -OCH3 is 1. The van der Waals surface area contributed by atoms with Gasteiger partial charge in [0.2, 0.25) is 0 Å². The van der Waals surface area contributed by atoms with Crippen molar-refractivity contribution in [3.05, 3.63) is 40.5 Å². The maximum absolute atomic E-state index is 12.9. The van der Waals surface area contributed by atoms with Gasteiger partial charge in [-0.05, 0) is 12.5 Å². The van der Waals surface area contributed by atoms with Crippen LogP contribution in [0.2, 0.25) is 0 Å². The van der Waals surface area contributed by atoms with Crippen molar-refractivity contribution < 1.29 is 29.0 Å². The molecule has 25 heavy (non-hydrogen) atoms. The average molecular weight is 344 g/mol. The molecule has 0 unspecified atom stereocenters. The highest BCUT2D eigenvalue weighted by Gasteiger charge is 2.42. The molecule has 6 nitrogen and oxygen atoms in total. The van der Waals surface area contributed by atoms with Crippen LogP contribution in [0.5, 0.6) is 5.75 Å². The summed E-state index contributed by atoms with van der Waals surface area (Å²) >= 11 is 0. The van der Waals surface area contributed by atoms with Crippen molar-refractivity contribution in [3.8, 4) is 5.75 Å². The largest absolute Gasteiger partial charge is 0.507 e. The number of aromatic hydroxyl groups is 1. The number of ketones is 2. The molecule has 0 amide bonds. The highest BCUT2D eigenvalue weighted by Crippen LogP contribution is 2.40. The molecule has 132 valence electrons. The van der Waals surface area contributed by atoms with Gasteiger partial charge >= 0.3 is 5.97 Å². The van der Waals surface area contributed by atoms with Crippen LogP contribution < -0.4 is 0 Å². The van der Waals surface area contributed by atoms with Gasteiger partial charge in [-0.2, -0.15) is 0 Å². The highest BCUT2D eigenvalue weighted by atomic mass is 16.5. The van der Waals surface area contributed by atoms with E-state index in [1.54, 1.807) is 12.1 Å². The van der Waals surface area contributed by atoms with Crippen LogP contribution in [-0.2, 0) is 14.3 Å². The van der Waals surface area contributed by atoms with Crippen LogP contribution in [0.4, 0.5) is 0 Å². The van der Waals surface area contributed by atoms with Crippen molar-refractivity contribution >= 4 is 17.5 Å². The fourth-order valence-corrected chi connectivity index (χ4v) is 3.51. The van der Waals surface area contributed by atoms with E-state index >= 15 is 0 Å². The van der Waals surface area contributed by atoms with E-state index in [0.29, 0.717) is 17.6 Å². The summed E-state index contributed by atoms with van der Waals surface area (Å²) in [5.74, 6) is -1.26. The summed E-state index contributed by atoms with van der Waals surface area (Å²) in [4.78, 5) is 37.4. The van der Waals surface area contributed by atoms with Gasteiger partial charge in [-0.25, -0.2) is 0 Å². The minimum Gasteiger partial charge on any atom is -0.507 e. The minimum atomic E-state index is -0.562. The Morgan fingerprint density at radius 1 is 1.32 bits per heavy atom. The third kappa shape index (κ3) is 2.98. The number of phenolic OH excluding ortho intramolecular Hbond substituents is 1. The van der Waals surface area contributed by atoms with Crippen LogP contribution >= 0.6 is 0 Å². The lowest BCUT2D eigenvalue weighted by molar-refractivity contribution is -0.145. The molecule has 0 radical (unpaired) electrons. The Morgan fingerprint density at radius 2 is 2.08 bits per heavy atom. The quantitative estimate of drug-likeness (QED) is 0.845. The van der Waals surface area contributed by atoms with Crippen LogP contribution in [-0.4, -0.2) is 42.0 Å². The maximum Gasteiger partial charge on any atom is 0.308 e. The molecule has 0 fully saturated rings. The Kier molecular flexibility index (Phi) is 4.72. The zero-order chi connectivity index (χ0) is 18.1.